The van der Waals surface area contributed by atoms with E-state index in [2.05, 4.69) is 9.97 Å². The zero-order valence-electron chi connectivity index (χ0n) is 7.53. The van der Waals surface area contributed by atoms with Crippen LogP contribution in [0.25, 0.3) is 0 Å². The second kappa shape index (κ2) is 3.30. The van der Waals surface area contributed by atoms with E-state index in [9.17, 15) is 0 Å². The van der Waals surface area contributed by atoms with Crippen molar-refractivity contribution in [3.8, 4) is 0 Å². The number of fused-ring (bicyclic) bond motifs is 1. The lowest BCUT2D eigenvalue weighted by Crippen LogP contribution is -2.07. The van der Waals surface area contributed by atoms with Crippen molar-refractivity contribution >= 4 is 5.95 Å². The first-order valence-corrected chi connectivity index (χ1v) is 4.62. The van der Waals surface area contributed by atoms with Crippen LogP contribution in [0.15, 0.2) is 6.20 Å². The van der Waals surface area contributed by atoms with E-state index in [1.165, 1.54) is 5.56 Å². The van der Waals surface area contributed by atoms with Crippen LogP contribution < -0.4 is 11.5 Å². The molecule has 4 nitrogen and oxygen atoms in total. The quantitative estimate of drug-likeness (QED) is 0.688. The third-order valence-electron chi connectivity index (χ3n) is 2.58. The maximum atomic E-state index is 5.54. The first kappa shape index (κ1) is 8.44. The smallest absolute Gasteiger partial charge is 0.220 e. The average molecular weight is 178 g/mol. The van der Waals surface area contributed by atoms with Crippen molar-refractivity contribution in [2.45, 2.75) is 25.2 Å². The van der Waals surface area contributed by atoms with E-state index in [-0.39, 0.29) is 0 Å². The normalized spacial score (nSPS) is 20.2. The minimum absolute atomic E-state index is 0.377. The number of aryl methyl sites for hydroxylation is 1. The Morgan fingerprint density at radius 1 is 1.54 bits per heavy atom. The Labute approximate surface area is 77.4 Å². The van der Waals surface area contributed by atoms with Gasteiger partial charge in [-0.25, -0.2) is 9.97 Å². The molecule has 0 saturated heterocycles. The number of nitrogens with zero attached hydrogens (tertiary/aromatic N) is 2. The van der Waals surface area contributed by atoms with Gasteiger partial charge in [-0.05, 0) is 31.4 Å². The summed E-state index contributed by atoms with van der Waals surface area (Å²) in [7, 11) is 0. The summed E-state index contributed by atoms with van der Waals surface area (Å²) in [5.41, 5.74) is 13.4. The van der Waals surface area contributed by atoms with Crippen molar-refractivity contribution in [3.63, 3.8) is 0 Å². The highest BCUT2D eigenvalue weighted by Crippen LogP contribution is 2.33. The Bertz CT molecular complexity index is 308. The highest BCUT2D eigenvalue weighted by Gasteiger charge is 2.23. The zero-order chi connectivity index (χ0) is 9.26. The van der Waals surface area contributed by atoms with Crippen molar-refractivity contribution in [1.29, 1.82) is 0 Å². The number of rotatable bonds is 2. The Morgan fingerprint density at radius 2 is 2.38 bits per heavy atom. The molecule has 0 spiro atoms. The van der Waals surface area contributed by atoms with Crippen LogP contribution in [-0.4, -0.2) is 16.5 Å². The predicted octanol–water partition coefficient (Wildman–Crippen LogP) is 0.437. The molecule has 0 aromatic carbocycles. The molecule has 1 atom stereocenters. The van der Waals surface area contributed by atoms with Crippen LogP contribution in [0.5, 0.6) is 0 Å². The van der Waals surface area contributed by atoms with Crippen molar-refractivity contribution in [1.82, 2.24) is 9.97 Å². The summed E-state index contributed by atoms with van der Waals surface area (Å²) in [5.74, 6) is 0.882. The lowest BCUT2D eigenvalue weighted by Gasteiger charge is -2.08. The number of nitrogens with two attached hydrogens (primary N) is 2. The lowest BCUT2D eigenvalue weighted by molar-refractivity contribution is 0.616. The molecule has 0 bridgehead atoms. The molecule has 2 rings (SSSR count). The number of nitrogen functional groups attached to an aromatic ring is 1. The molecule has 1 aromatic rings. The van der Waals surface area contributed by atoms with Gasteiger partial charge >= 0.3 is 0 Å². The topological polar surface area (TPSA) is 77.8 Å². The molecule has 1 aliphatic carbocycles. The molecule has 0 aliphatic heterocycles. The number of aromatic nitrogens is 2. The van der Waals surface area contributed by atoms with Gasteiger partial charge < -0.3 is 11.5 Å². The van der Waals surface area contributed by atoms with Crippen LogP contribution in [-0.2, 0) is 6.42 Å². The number of anilines is 1. The van der Waals surface area contributed by atoms with Crippen LogP contribution in [0.4, 0.5) is 5.95 Å². The van der Waals surface area contributed by atoms with Crippen molar-refractivity contribution in [3.05, 3.63) is 17.5 Å². The summed E-state index contributed by atoms with van der Waals surface area (Å²) in [6.45, 7) is 0.716. The molecule has 0 saturated carbocycles. The zero-order valence-corrected chi connectivity index (χ0v) is 7.53. The van der Waals surface area contributed by atoms with Gasteiger partial charge in [0.2, 0.25) is 5.95 Å². The molecular formula is C9H14N4. The summed E-state index contributed by atoms with van der Waals surface area (Å²) in [4.78, 5) is 8.25. The van der Waals surface area contributed by atoms with E-state index in [0.29, 0.717) is 18.4 Å². The Kier molecular flexibility index (Phi) is 2.14. The molecular weight excluding hydrogens is 164 g/mol. The molecule has 13 heavy (non-hydrogen) atoms. The van der Waals surface area contributed by atoms with E-state index in [1.54, 1.807) is 0 Å². The lowest BCUT2D eigenvalue weighted by atomic mass is 10.0. The monoisotopic (exact) mass is 178 g/mol. The fourth-order valence-electron chi connectivity index (χ4n) is 1.93. The molecule has 4 heteroatoms. The molecule has 0 fully saturated rings. The molecule has 1 aliphatic rings. The van der Waals surface area contributed by atoms with Gasteiger partial charge in [0, 0.05) is 12.1 Å². The Hall–Kier alpha value is -1.16. The van der Waals surface area contributed by atoms with Gasteiger partial charge in [0.1, 0.15) is 0 Å². The second-order valence-corrected chi connectivity index (χ2v) is 3.45. The van der Waals surface area contributed by atoms with Crippen LogP contribution in [0.3, 0.4) is 0 Å². The standard InChI is InChI=1S/C9H14N4/c10-4-3-6-1-2-7-5-12-9(11)13-8(6)7/h5-6H,1-4,10H2,(H2,11,12,13). The van der Waals surface area contributed by atoms with Gasteiger partial charge in [-0.3, -0.25) is 0 Å². The first-order chi connectivity index (χ1) is 6.31. The second-order valence-electron chi connectivity index (χ2n) is 3.45. The summed E-state index contributed by atoms with van der Waals surface area (Å²) in [5, 5.41) is 0. The SMILES string of the molecule is NCCC1CCc2cnc(N)nc21. The summed E-state index contributed by atoms with van der Waals surface area (Å²) in [6.07, 6.45) is 5.06. The van der Waals surface area contributed by atoms with E-state index in [0.717, 1.165) is 25.0 Å². The van der Waals surface area contributed by atoms with Crippen molar-refractivity contribution < 1.29 is 0 Å². The van der Waals surface area contributed by atoms with Crippen LogP contribution in [0.2, 0.25) is 0 Å². The maximum absolute atomic E-state index is 5.54. The molecule has 1 unspecified atom stereocenters. The van der Waals surface area contributed by atoms with Gasteiger partial charge in [-0.2, -0.15) is 0 Å². The molecule has 4 N–H and O–H groups in total. The minimum atomic E-state index is 0.377. The summed E-state index contributed by atoms with van der Waals surface area (Å²) in [6, 6.07) is 0. The summed E-state index contributed by atoms with van der Waals surface area (Å²) >= 11 is 0. The fraction of sp³-hybridized carbons (Fsp3) is 0.556. The third kappa shape index (κ3) is 1.49. The number of hydrogen-bond donors (Lipinski definition) is 2. The van der Waals surface area contributed by atoms with Crippen molar-refractivity contribution in [2.24, 2.45) is 5.73 Å². The Morgan fingerprint density at radius 3 is 3.15 bits per heavy atom. The Balaban J connectivity index is 2.29. The largest absolute Gasteiger partial charge is 0.368 e. The van der Waals surface area contributed by atoms with E-state index < -0.39 is 0 Å². The van der Waals surface area contributed by atoms with Crippen molar-refractivity contribution in [2.75, 3.05) is 12.3 Å². The molecule has 1 aromatic heterocycles. The highest BCUT2D eigenvalue weighted by atomic mass is 15.0. The maximum Gasteiger partial charge on any atom is 0.220 e. The van der Waals surface area contributed by atoms with Gasteiger partial charge in [0.15, 0.2) is 0 Å². The van der Waals surface area contributed by atoms with E-state index in [4.69, 9.17) is 11.5 Å². The van der Waals surface area contributed by atoms with Crippen LogP contribution in [0, 0.1) is 0 Å². The first-order valence-electron chi connectivity index (χ1n) is 4.62. The van der Waals surface area contributed by atoms with Crippen LogP contribution >= 0.6 is 0 Å². The predicted molar refractivity (Wildman–Crippen MR) is 51.2 cm³/mol. The minimum Gasteiger partial charge on any atom is -0.368 e. The van der Waals surface area contributed by atoms with Gasteiger partial charge in [-0.1, -0.05) is 0 Å². The average Bonchev–Trinajstić information content (AvgIpc) is 2.49. The molecule has 70 valence electrons. The van der Waals surface area contributed by atoms with Crippen LogP contribution in [0.1, 0.15) is 30.0 Å². The van der Waals surface area contributed by atoms with Gasteiger partial charge in [-0.15, -0.1) is 0 Å². The highest BCUT2D eigenvalue weighted by molar-refractivity contribution is 5.31. The molecule has 1 heterocycles. The van der Waals surface area contributed by atoms with E-state index >= 15 is 0 Å². The summed E-state index contributed by atoms with van der Waals surface area (Å²) < 4.78 is 0. The van der Waals surface area contributed by atoms with Gasteiger partial charge in [0.25, 0.3) is 0 Å². The fourth-order valence-corrected chi connectivity index (χ4v) is 1.93. The third-order valence-corrected chi connectivity index (χ3v) is 2.58. The van der Waals surface area contributed by atoms with Gasteiger partial charge in [0.05, 0.1) is 5.69 Å². The van der Waals surface area contributed by atoms with E-state index in [1.807, 2.05) is 6.20 Å². The number of hydrogen-bond acceptors (Lipinski definition) is 4. The molecule has 0 amide bonds. The molecule has 0 radical (unpaired) electrons.